The highest BCUT2D eigenvalue weighted by Crippen LogP contribution is 2.49. The van der Waals surface area contributed by atoms with Crippen LogP contribution >= 0.6 is 22.7 Å². The van der Waals surface area contributed by atoms with Crippen molar-refractivity contribution in [3.8, 4) is 22.9 Å². The fourth-order valence-corrected chi connectivity index (χ4v) is 9.14. The lowest BCUT2D eigenvalue weighted by Gasteiger charge is -2.10. The largest absolute Gasteiger partial charge is 0.308 e. The van der Waals surface area contributed by atoms with Crippen molar-refractivity contribution in [2.24, 2.45) is 0 Å². The van der Waals surface area contributed by atoms with Gasteiger partial charge >= 0.3 is 0 Å². The van der Waals surface area contributed by atoms with Crippen LogP contribution in [0, 0.1) is 17.9 Å². The van der Waals surface area contributed by atoms with Gasteiger partial charge in [0.15, 0.2) is 0 Å². The van der Waals surface area contributed by atoms with Crippen molar-refractivity contribution in [1.29, 1.82) is 5.26 Å². The molecule has 0 saturated heterocycles. The van der Waals surface area contributed by atoms with Gasteiger partial charge in [-0.1, -0.05) is 78.9 Å². The van der Waals surface area contributed by atoms with Gasteiger partial charge < -0.3 is 4.57 Å². The predicted octanol–water partition coefficient (Wildman–Crippen LogP) is 11.6. The number of thiophene rings is 2. The number of hydrogen-bond donors (Lipinski definition) is 0. The van der Waals surface area contributed by atoms with Gasteiger partial charge in [-0.2, -0.15) is 5.26 Å². The smallest absolute Gasteiger partial charge is 0.204 e. The van der Waals surface area contributed by atoms with Gasteiger partial charge in [-0.05, 0) is 47.3 Å². The molecule has 0 radical (unpaired) electrons. The Morgan fingerprint density at radius 1 is 0.605 bits per heavy atom. The lowest BCUT2D eigenvalue weighted by atomic mass is 9.97. The Morgan fingerprint density at radius 2 is 1.37 bits per heavy atom. The summed E-state index contributed by atoms with van der Waals surface area (Å²) in [5, 5.41) is 16.6. The monoisotopic (exact) mass is 581 g/mol. The van der Waals surface area contributed by atoms with Crippen LogP contribution in [0.4, 0.5) is 5.69 Å². The van der Waals surface area contributed by atoms with Crippen LogP contribution in [0.5, 0.6) is 0 Å². The normalized spacial score (nSPS) is 11.7. The lowest BCUT2D eigenvalue weighted by molar-refractivity contribution is 1.20. The Bertz CT molecular complexity index is 2710. The summed E-state index contributed by atoms with van der Waals surface area (Å²) in [6.45, 7) is 8.03. The van der Waals surface area contributed by atoms with E-state index in [0.29, 0.717) is 11.3 Å². The van der Waals surface area contributed by atoms with Crippen LogP contribution in [0.25, 0.3) is 83.8 Å². The first kappa shape index (κ1) is 24.2. The molecule has 0 fully saturated rings. The van der Waals surface area contributed by atoms with Crippen molar-refractivity contribution >= 4 is 90.5 Å². The minimum Gasteiger partial charge on any atom is -0.308 e. The third kappa shape index (κ3) is 3.32. The number of hydrogen-bond acceptors (Lipinski definition) is 3. The van der Waals surface area contributed by atoms with Gasteiger partial charge in [0, 0.05) is 46.6 Å². The number of fused-ring (bicyclic) bond motifs is 9. The summed E-state index contributed by atoms with van der Waals surface area (Å²) in [6.07, 6.45) is 0. The van der Waals surface area contributed by atoms with Gasteiger partial charge in [-0.3, -0.25) is 0 Å². The third-order valence-electron chi connectivity index (χ3n) is 8.46. The van der Waals surface area contributed by atoms with Crippen LogP contribution in [0.1, 0.15) is 5.56 Å². The predicted molar refractivity (Wildman–Crippen MR) is 183 cm³/mol. The Hall–Kier alpha value is -5.46. The maximum absolute atomic E-state index is 9.61. The molecule has 0 saturated carbocycles. The van der Waals surface area contributed by atoms with Crippen molar-refractivity contribution in [3.63, 3.8) is 0 Å². The zero-order valence-electron chi connectivity index (χ0n) is 22.6. The first-order chi connectivity index (χ1) is 21.2. The van der Waals surface area contributed by atoms with Crippen molar-refractivity contribution in [2.45, 2.75) is 0 Å². The van der Waals surface area contributed by atoms with E-state index in [1.54, 1.807) is 11.3 Å². The summed E-state index contributed by atoms with van der Waals surface area (Å²) < 4.78 is 7.02. The molecule has 0 aliphatic rings. The molecule has 0 amide bonds. The number of nitriles is 1. The standard InChI is InChI=1S/C38H19N3S2/c1-40-30-18-17-25(27-11-6-10-26-24-9-3-5-15-34(24)42-36(26)27)35-28-12-7-14-33(37(28)43-38(30)35)41-31-13-4-2-8-23(31)29-20-22(21-39)16-19-32(29)41/h2-20H. The fraction of sp³-hybridized carbons (Fsp3) is 0. The number of rotatable bonds is 2. The quantitative estimate of drug-likeness (QED) is 0.187. The molecule has 3 aromatic heterocycles. The van der Waals surface area contributed by atoms with Gasteiger partial charge in [0.25, 0.3) is 0 Å². The van der Waals surface area contributed by atoms with Crippen LogP contribution in [0.15, 0.2) is 115 Å². The number of nitrogens with zero attached hydrogens (tertiary/aromatic N) is 3. The molecule has 0 N–H and O–H groups in total. The second-order valence-corrected chi connectivity index (χ2v) is 12.8. The molecule has 198 valence electrons. The van der Waals surface area contributed by atoms with E-state index >= 15 is 0 Å². The Kier molecular flexibility index (Phi) is 5.07. The zero-order valence-corrected chi connectivity index (χ0v) is 24.3. The van der Waals surface area contributed by atoms with E-state index in [1.165, 1.54) is 25.7 Å². The summed E-state index contributed by atoms with van der Waals surface area (Å²) in [7, 11) is 0. The van der Waals surface area contributed by atoms with E-state index < -0.39 is 0 Å². The van der Waals surface area contributed by atoms with E-state index in [2.05, 4.69) is 106 Å². The molecule has 0 bridgehead atoms. The van der Waals surface area contributed by atoms with E-state index in [4.69, 9.17) is 6.57 Å². The minimum absolute atomic E-state index is 0.650. The Balaban J connectivity index is 1.40. The minimum atomic E-state index is 0.650. The van der Waals surface area contributed by atoms with Gasteiger partial charge in [0.05, 0.1) is 39.6 Å². The van der Waals surface area contributed by atoms with Crippen molar-refractivity contribution < 1.29 is 0 Å². The van der Waals surface area contributed by atoms with Crippen LogP contribution in [-0.4, -0.2) is 4.57 Å². The maximum Gasteiger partial charge on any atom is 0.204 e. The molecule has 3 heterocycles. The molecular weight excluding hydrogens is 563 g/mol. The molecule has 3 nitrogen and oxygen atoms in total. The molecule has 5 heteroatoms. The van der Waals surface area contributed by atoms with E-state index in [-0.39, 0.29) is 0 Å². The van der Waals surface area contributed by atoms with Crippen LogP contribution in [0.2, 0.25) is 0 Å². The maximum atomic E-state index is 9.61. The molecule has 0 aliphatic carbocycles. The molecule has 0 atom stereocenters. The fourth-order valence-electron chi connectivity index (χ4n) is 6.62. The van der Waals surface area contributed by atoms with E-state index in [0.717, 1.165) is 53.2 Å². The van der Waals surface area contributed by atoms with Gasteiger partial charge in [0.1, 0.15) is 0 Å². The van der Waals surface area contributed by atoms with Crippen molar-refractivity contribution in [1.82, 2.24) is 4.57 Å². The molecule has 6 aromatic carbocycles. The molecule has 0 spiro atoms. The number of aromatic nitrogens is 1. The highest BCUT2D eigenvalue weighted by molar-refractivity contribution is 7.27. The van der Waals surface area contributed by atoms with Crippen molar-refractivity contribution in [2.75, 3.05) is 0 Å². The highest BCUT2D eigenvalue weighted by atomic mass is 32.1. The zero-order chi connectivity index (χ0) is 28.7. The number of para-hydroxylation sites is 1. The van der Waals surface area contributed by atoms with Crippen LogP contribution in [0.3, 0.4) is 0 Å². The van der Waals surface area contributed by atoms with Gasteiger partial charge in [-0.15, -0.1) is 22.7 Å². The van der Waals surface area contributed by atoms with Crippen LogP contribution < -0.4 is 0 Å². The Morgan fingerprint density at radius 3 is 2.26 bits per heavy atom. The second-order valence-electron chi connectivity index (χ2n) is 10.7. The van der Waals surface area contributed by atoms with Gasteiger partial charge in [-0.25, -0.2) is 4.85 Å². The first-order valence-electron chi connectivity index (χ1n) is 13.9. The van der Waals surface area contributed by atoms with E-state index in [9.17, 15) is 5.26 Å². The molecule has 9 aromatic rings. The first-order valence-corrected chi connectivity index (χ1v) is 15.6. The van der Waals surface area contributed by atoms with Gasteiger partial charge in [0.2, 0.25) is 5.69 Å². The lowest BCUT2D eigenvalue weighted by Crippen LogP contribution is -1.93. The molecule has 43 heavy (non-hydrogen) atoms. The topological polar surface area (TPSA) is 33.1 Å². The van der Waals surface area contributed by atoms with Crippen molar-refractivity contribution in [3.05, 3.63) is 132 Å². The molecule has 0 aliphatic heterocycles. The SMILES string of the molecule is [C-]#[N+]c1ccc(-c2cccc3c2sc2ccccc23)c2c1sc1c(-n3c4ccccc4c4cc(C#N)ccc43)cccc12. The number of benzene rings is 6. The summed E-state index contributed by atoms with van der Waals surface area (Å²) in [6, 6.07) is 42.4. The second kappa shape index (κ2) is 9.02. The molecular formula is C38H19N3S2. The summed E-state index contributed by atoms with van der Waals surface area (Å²) in [4.78, 5) is 3.96. The Labute approximate surface area is 254 Å². The molecule has 0 unspecified atom stereocenters. The average molecular weight is 582 g/mol. The molecule has 9 rings (SSSR count). The highest BCUT2D eigenvalue weighted by Gasteiger charge is 2.21. The average Bonchev–Trinajstić information content (AvgIpc) is 3.74. The summed E-state index contributed by atoms with van der Waals surface area (Å²) >= 11 is 3.53. The summed E-state index contributed by atoms with van der Waals surface area (Å²) in [5.74, 6) is 0. The van der Waals surface area contributed by atoms with E-state index in [1.807, 2.05) is 35.6 Å². The third-order valence-corrected chi connectivity index (χ3v) is 10.9. The summed E-state index contributed by atoms with van der Waals surface area (Å²) in [5.41, 5.74) is 6.92. The van der Waals surface area contributed by atoms with Crippen LogP contribution in [-0.2, 0) is 0 Å².